The number of nitrogens with zero attached hydrogens (tertiary/aromatic N) is 1. The van der Waals surface area contributed by atoms with Crippen LogP contribution in [0.1, 0.15) is 25.8 Å². The topological polar surface area (TPSA) is 24.4 Å². The highest BCUT2D eigenvalue weighted by Crippen LogP contribution is 2.22. The third-order valence-corrected chi connectivity index (χ3v) is 3.07. The highest BCUT2D eigenvalue weighted by Gasteiger charge is 2.29. The molecule has 1 aliphatic rings. The highest BCUT2D eigenvalue weighted by atomic mass is 32.1. The average molecular weight is 194 g/mol. The lowest BCUT2D eigenvalue weighted by molar-refractivity contribution is 0.402. The number of hydrogen-bond donors (Lipinski definition) is 1. The molecule has 2 rings (SSSR count). The monoisotopic (exact) mass is 194 g/mol. The maximum absolute atomic E-state index is 4.24. The van der Waals surface area contributed by atoms with E-state index in [0.717, 1.165) is 12.8 Å². The molecule has 0 aromatic carbocycles. The van der Waals surface area contributed by atoms with Gasteiger partial charge in [-0.1, -0.05) is 0 Å². The Kier molecular flexibility index (Phi) is 2.12. The van der Waals surface area contributed by atoms with Crippen LogP contribution in [0.15, 0.2) is 21.9 Å². The van der Waals surface area contributed by atoms with Gasteiger partial charge in [0.2, 0.25) is 0 Å². The molecule has 0 bridgehead atoms. The van der Waals surface area contributed by atoms with Gasteiger partial charge in [-0.15, -0.1) is 0 Å². The molecule has 0 fully saturated rings. The summed E-state index contributed by atoms with van der Waals surface area (Å²) in [6, 6.07) is 2.19. The minimum Gasteiger partial charge on any atom is -0.304 e. The largest absolute Gasteiger partial charge is 0.304 e. The number of hydrazone groups is 1. The zero-order valence-electron chi connectivity index (χ0n) is 8.00. The second kappa shape index (κ2) is 3.14. The molecule has 3 heteroatoms. The third-order valence-electron chi connectivity index (χ3n) is 2.34. The van der Waals surface area contributed by atoms with Gasteiger partial charge in [0.1, 0.15) is 0 Å². The number of nitrogens with one attached hydrogen (secondary N) is 1. The molecule has 1 aliphatic heterocycles. The summed E-state index contributed by atoms with van der Waals surface area (Å²) in [5, 5.41) is 8.58. The van der Waals surface area contributed by atoms with Crippen molar-refractivity contribution in [1.29, 1.82) is 0 Å². The van der Waals surface area contributed by atoms with Crippen molar-refractivity contribution in [3.63, 3.8) is 0 Å². The smallest absolute Gasteiger partial charge is 0.0613 e. The Bertz CT molecular complexity index is 316. The molecule has 0 spiro atoms. The lowest BCUT2D eigenvalue weighted by atomic mass is 9.91. The molecular formula is C10H14N2S. The van der Waals surface area contributed by atoms with Gasteiger partial charge in [0.05, 0.1) is 5.54 Å². The van der Waals surface area contributed by atoms with Gasteiger partial charge in [-0.2, -0.15) is 16.4 Å². The van der Waals surface area contributed by atoms with Crippen LogP contribution in [-0.4, -0.2) is 11.3 Å². The van der Waals surface area contributed by atoms with Gasteiger partial charge in [0.15, 0.2) is 0 Å². The van der Waals surface area contributed by atoms with Gasteiger partial charge in [-0.05, 0) is 42.7 Å². The predicted octanol–water partition coefficient (Wildman–Crippen LogP) is 2.42. The van der Waals surface area contributed by atoms with E-state index in [1.165, 1.54) is 11.3 Å². The Labute approximate surface area is 82.7 Å². The van der Waals surface area contributed by atoms with Crippen molar-refractivity contribution >= 4 is 17.0 Å². The van der Waals surface area contributed by atoms with Crippen molar-refractivity contribution in [2.75, 3.05) is 0 Å². The van der Waals surface area contributed by atoms with Crippen LogP contribution in [0.2, 0.25) is 0 Å². The Morgan fingerprint density at radius 3 is 3.08 bits per heavy atom. The van der Waals surface area contributed by atoms with E-state index in [1.54, 1.807) is 11.3 Å². The molecule has 1 unspecified atom stereocenters. The second-order valence-electron chi connectivity index (χ2n) is 4.00. The first-order valence-electron chi connectivity index (χ1n) is 4.49. The summed E-state index contributed by atoms with van der Waals surface area (Å²) in [5.41, 5.74) is 5.97. The van der Waals surface area contributed by atoms with Gasteiger partial charge >= 0.3 is 0 Å². The van der Waals surface area contributed by atoms with Gasteiger partial charge < -0.3 is 5.43 Å². The molecule has 2 heterocycles. The minimum absolute atomic E-state index is 0.144. The molecule has 1 atom stereocenters. The molecule has 13 heavy (non-hydrogen) atoms. The van der Waals surface area contributed by atoms with Crippen LogP contribution in [0.3, 0.4) is 0 Å². The Morgan fingerprint density at radius 2 is 2.54 bits per heavy atom. The zero-order valence-corrected chi connectivity index (χ0v) is 8.82. The van der Waals surface area contributed by atoms with E-state index in [-0.39, 0.29) is 5.54 Å². The summed E-state index contributed by atoms with van der Waals surface area (Å²) >= 11 is 1.76. The van der Waals surface area contributed by atoms with Crippen LogP contribution in [0.5, 0.6) is 0 Å². The maximum Gasteiger partial charge on any atom is 0.0613 e. The standard InChI is InChI=1S/C10H14N2S/c1-8-5-10(2,12-11-8)6-9-3-4-13-7-9/h3-4,7,12H,5-6H2,1-2H3. The fourth-order valence-electron chi connectivity index (χ4n) is 1.82. The maximum atomic E-state index is 4.24. The fourth-order valence-corrected chi connectivity index (χ4v) is 2.49. The molecule has 0 saturated heterocycles. The van der Waals surface area contributed by atoms with Crippen molar-refractivity contribution in [1.82, 2.24) is 5.43 Å². The molecule has 0 amide bonds. The second-order valence-corrected chi connectivity index (χ2v) is 4.78. The summed E-state index contributed by atoms with van der Waals surface area (Å²) in [4.78, 5) is 0. The number of thiophene rings is 1. The summed E-state index contributed by atoms with van der Waals surface area (Å²) in [5.74, 6) is 0. The first-order chi connectivity index (χ1) is 6.18. The van der Waals surface area contributed by atoms with Gasteiger partial charge in [0.25, 0.3) is 0 Å². The summed E-state index contributed by atoms with van der Waals surface area (Å²) in [6.07, 6.45) is 2.13. The number of hydrogen-bond acceptors (Lipinski definition) is 3. The molecule has 70 valence electrons. The SMILES string of the molecule is CC1=NNC(C)(Cc2ccsc2)C1. The predicted molar refractivity (Wildman–Crippen MR) is 57.3 cm³/mol. The molecular weight excluding hydrogens is 180 g/mol. The molecule has 0 radical (unpaired) electrons. The van der Waals surface area contributed by atoms with Crippen molar-refractivity contribution < 1.29 is 0 Å². The Hall–Kier alpha value is -0.830. The van der Waals surface area contributed by atoms with E-state index in [2.05, 4.69) is 41.2 Å². The van der Waals surface area contributed by atoms with Crippen LogP contribution in [0.4, 0.5) is 0 Å². The van der Waals surface area contributed by atoms with E-state index < -0.39 is 0 Å². The Morgan fingerprint density at radius 1 is 1.69 bits per heavy atom. The van der Waals surface area contributed by atoms with Gasteiger partial charge in [0, 0.05) is 12.1 Å². The molecule has 1 aromatic heterocycles. The average Bonchev–Trinajstić information content (AvgIpc) is 2.62. The fraction of sp³-hybridized carbons (Fsp3) is 0.500. The Balaban J connectivity index is 2.03. The van der Waals surface area contributed by atoms with Crippen LogP contribution in [-0.2, 0) is 6.42 Å². The van der Waals surface area contributed by atoms with Crippen LogP contribution < -0.4 is 5.43 Å². The zero-order chi connectivity index (χ0) is 9.31. The van der Waals surface area contributed by atoms with E-state index in [4.69, 9.17) is 0 Å². The highest BCUT2D eigenvalue weighted by molar-refractivity contribution is 7.07. The molecule has 1 N–H and O–H groups in total. The number of rotatable bonds is 2. The van der Waals surface area contributed by atoms with E-state index in [1.807, 2.05) is 0 Å². The van der Waals surface area contributed by atoms with Crippen molar-refractivity contribution in [2.45, 2.75) is 32.2 Å². The summed E-state index contributed by atoms with van der Waals surface area (Å²) in [7, 11) is 0. The van der Waals surface area contributed by atoms with Crippen LogP contribution >= 0.6 is 11.3 Å². The first kappa shape index (κ1) is 8.75. The molecule has 0 aliphatic carbocycles. The van der Waals surface area contributed by atoms with Crippen molar-refractivity contribution in [3.05, 3.63) is 22.4 Å². The van der Waals surface area contributed by atoms with Crippen LogP contribution in [0.25, 0.3) is 0 Å². The van der Waals surface area contributed by atoms with E-state index >= 15 is 0 Å². The molecule has 2 nitrogen and oxygen atoms in total. The van der Waals surface area contributed by atoms with Gasteiger partial charge in [-0.3, -0.25) is 0 Å². The molecule has 0 saturated carbocycles. The normalized spacial score (nSPS) is 27.1. The van der Waals surface area contributed by atoms with Crippen LogP contribution in [0, 0.1) is 0 Å². The summed E-state index contributed by atoms with van der Waals surface area (Å²) in [6.45, 7) is 4.30. The third kappa shape index (κ3) is 1.91. The lowest BCUT2D eigenvalue weighted by Gasteiger charge is -2.22. The van der Waals surface area contributed by atoms with Gasteiger partial charge in [-0.25, -0.2) is 0 Å². The van der Waals surface area contributed by atoms with Crippen molar-refractivity contribution in [2.24, 2.45) is 5.10 Å². The lowest BCUT2D eigenvalue weighted by Crippen LogP contribution is -2.37. The molecule has 1 aromatic rings. The first-order valence-corrected chi connectivity index (χ1v) is 5.44. The summed E-state index contributed by atoms with van der Waals surface area (Å²) < 4.78 is 0. The van der Waals surface area contributed by atoms with E-state index in [0.29, 0.717) is 0 Å². The van der Waals surface area contributed by atoms with Crippen molar-refractivity contribution in [3.8, 4) is 0 Å². The van der Waals surface area contributed by atoms with E-state index in [9.17, 15) is 0 Å². The minimum atomic E-state index is 0.144. The quantitative estimate of drug-likeness (QED) is 0.768.